The number of nitrogens with one attached hydrogen (secondary N) is 2. The van der Waals surface area contributed by atoms with Crippen LogP contribution in [0.1, 0.15) is 16.8 Å². The fourth-order valence-corrected chi connectivity index (χ4v) is 2.54. The number of carbonyl (C=O) groups excluding carboxylic acids is 1. The van der Waals surface area contributed by atoms with Gasteiger partial charge in [0.25, 0.3) is 11.6 Å². The average Bonchev–Trinajstić information content (AvgIpc) is 2.52. The molecule has 0 radical (unpaired) electrons. The van der Waals surface area contributed by atoms with Crippen molar-refractivity contribution in [1.29, 1.82) is 0 Å². The van der Waals surface area contributed by atoms with Gasteiger partial charge in [-0.2, -0.15) is 0 Å². The Morgan fingerprint density at radius 1 is 1.50 bits per heavy atom. The molecule has 0 saturated carbocycles. The predicted molar refractivity (Wildman–Crippen MR) is 90.0 cm³/mol. The molecule has 6 nitrogen and oxygen atoms in total. The second-order valence-electron chi connectivity index (χ2n) is 4.64. The molecule has 0 fully saturated rings. The summed E-state index contributed by atoms with van der Waals surface area (Å²) >= 11 is 1.44. The molecular weight excluding hydrogens is 326 g/mol. The minimum Gasteiger partial charge on any atom is -0.348 e. The van der Waals surface area contributed by atoms with Crippen molar-refractivity contribution in [2.45, 2.75) is 11.3 Å². The Bertz CT molecular complexity index is 593. The molecule has 0 unspecified atom stereocenters. The third-order valence-corrected chi connectivity index (χ3v) is 4.00. The highest BCUT2D eigenvalue weighted by Crippen LogP contribution is 2.24. The van der Waals surface area contributed by atoms with Crippen molar-refractivity contribution >= 4 is 35.8 Å². The zero-order valence-electron chi connectivity index (χ0n) is 12.1. The lowest BCUT2D eigenvalue weighted by molar-refractivity contribution is -0.385. The molecule has 22 heavy (non-hydrogen) atoms. The van der Waals surface area contributed by atoms with Crippen molar-refractivity contribution in [3.8, 4) is 0 Å². The Morgan fingerprint density at radius 3 is 2.86 bits per heavy atom. The molecule has 120 valence electrons. The highest BCUT2D eigenvalue weighted by molar-refractivity contribution is 7.98. The smallest absolute Gasteiger partial charge is 0.282 e. The molecule has 0 saturated heterocycles. The van der Waals surface area contributed by atoms with Crippen molar-refractivity contribution in [2.75, 3.05) is 25.9 Å². The monoisotopic (exact) mass is 343 g/mol. The molecule has 8 heteroatoms. The van der Waals surface area contributed by atoms with Gasteiger partial charge in [-0.3, -0.25) is 14.9 Å². The molecule has 0 aromatic heterocycles. The molecule has 2 N–H and O–H groups in total. The van der Waals surface area contributed by atoms with Gasteiger partial charge in [0.2, 0.25) is 0 Å². The molecule has 1 amide bonds. The van der Waals surface area contributed by atoms with E-state index < -0.39 is 10.8 Å². The van der Waals surface area contributed by atoms with E-state index in [4.69, 9.17) is 0 Å². The molecule has 1 aromatic carbocycles. The number of benzene rings is 1. The maximum absolute atomic E-state index is 12.2. The van der Waals surface area contributed by atoms with Crippen molar-refractivity contribution in [3.05, 3.63) is 45.5 Å². The number of rotatable bonds is 5. The lowest BCUT2D eigenvalue weighted by Gasteiger charge is -2.14. The van der Waals surface area contributed by atoms with Gasteiger partial charge in [-0.1, -0.05) is 11.6 Å². The van der Waals surface area contributed by atoms with E-state index in [1.54, 1.807) is 12.1 Å². The fraction of sp³-hybridized carbons (Fsp3) is 0.357. The van der Waals surface area contributed by atoms with E-state index in [1.807, 2.05) is 12.3 Å². The van der Waals surface area contributed by atoms with Crippen molar-refractivity contribution in [2.24, 2.45) is 0 Å². The standard InChI is InChI=1S/C14H17N3O3S.ClH/c1-21-11-2-3-13(17(19)20)12(8-11)14(18)16-9-10-4-6-15-7-5-10;/h2-4,8,15H,5-7,9H2,1H3,(H,16,18);1H. The topological polar surface area (TPSA) is 84.3 Å². The average molecular weight is 344 g/mol. The maximum Gasteiger partial charge on any atom is 0.282 e. The number of hydrogen-bond donors (Lipinski definition) is 2. The van der Waals surface area contributed by atoms with Crippen molar-refractivity contribution < 1.29 is 9.72 Å². The number of hydrogen-bond acceptors (Lipinski definition) is 5. The van der Waals surface area contributed by atoms with E-state index in [-0.39, 0.29) is 23.7 Å². The van der Waals surface area contributed by atoms with Gasteiger partial charge in [0, 0.05) is 24.1 Å². The first-order valence-electron chi connectivity index (χ1n) is 6.61. The van der Waals surface area contributed by atoms with E-state index in [2.05, 4.69) is 10.6 Å². The normalized spacial score (nSPS) is 13.8. The summed E-state index contributed by atoms with van der Waals surface area (Å²) in [6.07, 6.45) is 4.78. The van der Waals surface area contributed by atoms with Crippen LogP contribution in [0.25, 0.3) is 0 Å². The summed E-state index contributed by atoms with van der Waals surface area (Å²) in [6, 6.07) is 4.59. The van der Waals surface area contributed by atoms with Crippen molar-refractivity contribution in [1.82, 2.24) is 10.6 Å². The molecule has 0 bridgehead atoms. The minimum atomic E-state index is -0.525. The second kappa shape index (κ2) is 8.77. The van der Waals surface area contributed by atoms with E-state index in [9.17, 15) is 14.9 Å². The van der Waals surface area contributed by atoms with Gasteiger partial charge < -0.3 is 10.6 Å². The Hall–Kier alpha value is -1.57. The first kappa shape index (κ1) is 18.5. The van der Waals surface area contributed by atoms with Crippen LogP contribution in [-0.4, -0.2) is 36.7 Å². The van der Waals surface area contributed by atoms with E-state index in [0.717, 1.165) is 30.0 Å². The van der Waals surface area contributed by atoms with Crippen LogP contribution in [0.3, 0.4) is 0 Å². The number of thioether (sulfide) groups is 1. The van der Waals surface area contributed by atoms with Gasteiger partial charge in [-0.15, -0.1) is 24.2 Å². The van der Waals surface area contributed by atoms with E-state index in [0.29, 0.717) is 6.54 Å². The summed E-state index contributed by atoms with van der Waals surface area (Å²) in [4.78, 5) is 23.5. The largest absolute Gasteiger partial charge is 0.348 e. The van der Waals surface area contributed by atoms with Gasteiger partial charge in [0.15, 0.2) is 0 Å². The quantitative estimate of drug-likeness (QED) is 0.371. The Kier molecular flexibility index (Phi) is 7.37. The number of nitro groups is 1. The van der Waals surface area contributed by atoms with Gasteiger partial charge in [-0.05, 0) is 31.4 Å². The molecule has 1 aliphatic rings. The molecule has 1 heterocycles. The van der Waals surface area contributed by atoms with Crippen LogP contribution in [0.2, 0.25) is 0 Å². The number of halogens is 1. The fourth-order valence-electron chi connectivity index (χ4n) is 2.10. The summed E-state index contributed by atoms with van der Waals surface area (Å²) in [5.41, 5.74) is 1.09. The van der Waals surface area contributed by atoms with Crippen LogP contribution in [0.4, 0.5) is 5.69 Å². The Labute approximate surface area is 139 Å². The summed E-state index contributed by atoms with van der Waals surface area (Å²) in [5.74, 6) is -0.406. The molecule has 1 aliphatic heterocycles. The minimum absolute atomic E-state index is 0. The van der Waals surface area contributed by atoms with Gasteiger partial charge in [-0.25, -0.2) is 0 Å². The Morgan fingerprint density at radius 2 is 2.27 bits per heavy atom. The first-order chi connectivity index (χ1) is 10.1. The number of amides is 1. The SMILES string of the molecule is CSc1ccc([N+](=O)[O-])c(C(=O)NCC2=CCNCC2)c1.Cl. The van der Waals surface area contributed by atoms with E-state index in [1.165, 1.54) is 17.8 Å². The third-order valence-electron chi connectivity index (χ3n) is 3.28. The van der Waals surface area contributed by atoms with E-state index >= 15 is 0 Å². The van der Waals surface area contributed by atoms with Crippen LogP contribution < -0.4 is 10.6 Å². The lowest BCUT2D eigenvalue weighted by atomic mass is 10.1. The second-order valence-corrected chi connectivity index (χ2v) is 5.52. The summed E-state index contributed by atoms with van der Waals surface area (Å²) in [5, 5.41) is 17.0. The zero-order valence-corrected chi connectivity index (χ0v) is 13.8. The van der Waals surface area contributed by atoms with Gasteiger partial charge in [0.05, 0.1) is 4.92 Å². The molecule has 2 rings (SSSR count). The number of nitro benzene ring substituents is 1. The van der Waals surface area contributed by atoms with Crippen LogP contribution >= 0.6 is 24.2 Å². The Balaban J connectivity index is 0.00000242. The summed E-state index contributed by atoms with van der Waals surface area (Å²) < 4.78 is 0. The zero-order chi connectivity index (χ0) is 15.2. The summed E-state index contributed by atoms with van der Waals surface area (Å²) in [7, 11) is 0. The predicted octanol–water partition coefficient (Wildman–Crippen LogP) is 2.39. The van der Waals surface area contributed by atoms with Gasteiger partial charge in [0.1, 0.15) is 5.56 Å². The summed E-state index contributed by atoms with van der Waals surface area (Å²) in [6.45, 7) is 2.12. The van der Waals surface area contributed by atoms with Crippen LogP contribution in [0.15, 0.2) is 34.7 Å². The number of nitrogens with zero attached hydrogens (tertiary/aromatic N) is 1. The molecular formula is C14H18ClN3O3S. The van der Waals surface area contributed by atoms with Gasteiger partial charge >= 0.3 is 0 Å². The molecule has 0 atom stereocenters. The lowest BCUT2D eigenvalue weighted by Crippen LogP contribution is -2.30. The van der Waals surface area contributed by atoms with Crippen molar-refractivity contribution in [3.63, 3.8) is 0 Å². The first-order valence-corrected chi connectivity index (χ1v) is 7.83. The highest BCUT2D eigenvalue weighted by Gasteiger charge is 2.20. The molecule has 1 aromatic rings. The van der Waals surface area contributed by atoms with Crippen LogP contribution in [-0.2, 0) is 0 Å². The van der Waals surface area contributed by atoms with Crippen LogP contribution in [0, 0.1) is 10.1 Å². The number of carbonyl (C=O) groups is 1. The molecule has 0 aliphatic carbocycles. The highest BCUT2D eigenvalue weighted by atomic mass is 35.5. The third kappa shape index (κ3) is 4.72. The maximum atomic E-state index is 12.2. The molecule has 0 spiro atoms. The van der Waals surface area contributed by atoms with Crippen LogP contribution in [0.5, 0.6) is 0 Å².